The Morgan fingerprint density at radius 2 is 1.93 bits per heavy atom. The van der Waals surface area contributed by atoms with Crippen molar-refractivity contribution in [1.29, 1.82) is 0 Å². The second-order valence-electron chi connectivity index (χ2n) is 5.22. The summed E-state index contributed by atoms with van der Waals surface area (Å²) in [6.07, 6.45) is 4.39. The second-order valence-corrected chi connectivity index (χ2v) is 5.22. The van der Waals surface area contributed by atoms with Gasteiger partial charge in [-0.05, 0) is 43.9 Å². The highest BCUT2D eigenvalue weighted by atomic mass is 14.5. The SMILES string of the molecule is C=C(C)CC1CC(C)C1(C)C.C=CC. The van der Waals surface area contributed by atoms with Crippen LogP contribution in [0.15, 0.2) is 24.8 Å². The van der Waals surface area contributed by atoms with Crippen molar-refractivity contribution in [2.45, 2.75) is 47.5 Å². The molecule has 0 saturated heterocycles. The zero-order valence-electron chi connectivity index (χ0n) is 10.6. The fourth-order valence-electron chi connectivity index (χ4n) is 2.04. The normalized spacial score (nSPS) is 28.1. The highest BCUT2D eigenvalue weighted by Crippen LogP contribution is 2.53. The first-order valence-electron chi connectivity index (χ1n) is 5.57. The van der Waals surface area contributed by atoms with Crippen molar-refractivity contribution < 1.29 is 0 Å². The van der Waals surface area contributed by atoms with E-state index in [-0.39, 0.29) is 0 Å². The summed E-state index contributed by atoms with van der Waals surface area (Å²) in [4.78, 5) is 0. The standard InChI is InChI=1S/C11H20.C3H6/c1-8(2)6-10-7-9(3)11(10,4)5;1-3-2/h9-10H,1,6-7H2,2-5H3;3H,1H2,2H3. The summed E-state index contributed by atoms with van der Waals surface area (Å²) in [5.74, 6) is 1.81. The van der Waals surface area contributed by atoms with Crippen LogP contribution in [0, 0.1) is 17.3 Å². The molecule has 0 bridgehead atoms. The van der Waals surface area contributed by atoms with Gasteiger partial charge in [-0.25, -0.2) is 0 Å². The van der Waals surface area contributed by atoms with Gasteiger partial charge in [-0.3, -0.25) is 0 Å². The lowest BCUT2D eigenvalue weighted by Crippen LogP contribution is -2.43. The van der Waals surface area contributed by atoms with Crippen molar-refractivity contribution in [3.63, 3.8) is 0 Å². The van der Waals surface area contributed by atoms with Crippen molar-refractivity contribution in [2.75, 3.05) is 0 Å². The molecule has 0 aromatic heterocycles. The summed E-state index contributed by atoms with van der Waals surface area (Å²) >= 11 is 0. The Morgan fingerprint density at radius 3 is 2.14 bits per heavy atom. The van der Waals surface area contributed by atoms with Crippen LogP contribution in [0.3, 0.4) is 0 Å². The van der Waals surface area contributed by atoms with Crippen LogP contribution in [0.5, 0.6) is 0 Å². The van der Waals surface area contributed by atoms with Gasteiger partial charge in [-0.2, -0.15) is 0 Å². The zero-order chi connectivity index (χ0) is 11.4. The van der Waals surface area contributed by atoms with Crippen molar-refractivity contribution in [1.82, 2.24) is 0 Å². The molecule has 0 aromatic carbocycles. The van der Waals surface area contributed by atoms with Gasteiger partial charge < -0.3 is 0 Å². The highest BCUT2D eigenvalue weighted by Gasteiger charge is 2.44. The average molecular weight is 194 g/mol. The minimum Gasteiger partial charge on any atom is -0.103 e. The fourth-order valence-corrected chi connectivity index (χ4v) is 2.04. The van der Waals surface area contributed by atoms with Crippen LogP contribution < -0.4 is 0 Å². The summed E-state index contributed by atoms with van der Waals surface area (Å²) in [5.41, 5.74) is 1.91. The summed E-state index contributed by atoms with van der Waals surface area (Å²) in [6.45, 7) is 18.5. The lowest BCUT2D eigenvalue weighted by atomic mass is 9.54. The largest absolute Gasteiger partial charge is 0.103 e. The Kier molecular flexibility index (Phi) is 5.18. The summed E-state index contributed by atoms with van der Waals surface area (Å²) < 4.78 is 0. The Labute approximate surface area is 90.1 Å². The van der Waals surface area contributed by atoms with Crippen LogP contribution in [-0.2, 0) is 0 Å². The first-order chi connectivity index (χ1) is 6.36. The molecular weight excluding hydrogens is 168 g/mol. The third-order valence-electron chi connectivity index (χ3n) is 3.56. The van der Waals surface area contributed by atoms with Crippen molar-refractivity contribution in [2.24, 2.45) is 17.3 Å². The van der Waals surface area contributed by atoms with E-state index in [0.29, 0.717) is 5.41 Å². The summed E-state index contributed by atoms with van der Waals surface area (Å²) in [5, 5.41) is 0. The van der Waals surface area contributed by atoms with Crippen molar-refractivity contribution in [3.05, 3.63) is 24.8 Å². The van der Waals surface area contributed by atoms with Gasteiger partial charge >= 0.3 is 0 Å². The maximum Gasteiger partial charge on any atom is -0.0292 e. The molecule has 1 rings (SSSR count). The lowest BCUT2D eigenvalue weighted by Gasteiger charge is -2.51. The molecule has 0 aromatic rings. The third kappa shape index (κ3) is 3.32. The van der Waals surface area contributed by atoms with Crippen LogP contribution in [-0.4, -0.2) is 0 Å². The van der Waals surface area contributed by atoms with E-state index >= 15 is 0 Å². The van der Waals surface area contributed by atoms with Crippen LogP contribution in [0.25, 0.3) is 0 Å². The predicted octanol–water partition coefficient (Wildman–Crippen LogP) is 4.83. The molecular formula is C14H26. The van der Waals surface area contributed by atoms with E-state index in [0.717, 1.165) is 11.8 Å². The number of hydrogen-bond donors (Lipinski definition) is 0. The van der Waals surface area contributed by atoms with E-state index < -0.39 is 0 Å². The Morgan fingerprint density at radius 1 is 1.50 bits per heavy atom. The number of allylic oxidation sites excluding steroid dienone is 2. The van der Waals surface area contributed by atoms with E-state index in [9.17, 15) is 0 Å². The molecule has 2 atom stereocenters. The van der Waals surface area contributed by atoms with Gasteiger partial charge in [0.05, 0.1) is 0 Å². The monoisotopic (exact) mass is 194 g/mol. The van der Waals surface area contributed by atoms with E-state index in [1.165, 1.54) is 18.4 Å². The number of rotatable bonds is 2. The van der Waals surface area contributed by atoms with Gasteiger partial charge in [-0.1, -0.05) is 32.4 Å². The molecule has 1 fully saturated rings. The molecule has 82 valence electrons. The van der Waals surface area contributed by atoms with Crippen LogP contribution in [0.4, 0.5) is 0 Å². The topological polar surface area (TPSA) is 0 Å². The molecule has 0 heteroatoms. The molecule has 0 aliphatic heterocycles. The van der Waals surface area contributed by atoms with E-state index in [4.69, 9.17) is 0 Å². The summed E-state index contributed by atoms with van der Waals surface area (Å²) in [7, 11) is 0. The van der Waals surface area contributed by atoms with Gasteiger partial charge in [0.2, 0.25) is 0 Å². The average Bonchev–Trinajstić information content (AvgIpc) is 2.04. The Hall–Kier alpha value is -0.520. The quantitative estimate of drug-likeness (QED) is 0.552. The highest BCUT2D eigenvalue weighted by molar-refractivity contribution is 5.01. The van der Waals surface area contributed by atoms with Crippen molar-refractivity contribution >= 4 is 0 Å². The molecule has 2 unspecified atom stereocenters. The molecule has 1 aliphatic rings. The summed E-state index contributed by atoms with van der Waals surface area (Å²) in [6, 6.07) is 0. The first kappa shape index (κ1) is 13.5. The van der Waals surface area contributed by atoms with Gasteiger partial charge in [0.1, 0.15) is 0 Å². The molecule has 0 heterocycles. The Bertz CT molecular complexity index is 198. The van der Waals surface area contributed by atoms with Crippen LogP contribution >= 0.6 is 0 Å². The lowest BCUT2D eigenvalue weighted by molar-refractivity contribution is -0.00696. The molecule has 1 saturated carbocycles. The third-order valence-corrected chi connectivity index (χ3v) is 3.56. The van der Waals surface area contributed by atoms with E-state index in [1.807, 2.05) is 6.92 Å². The van der Waals surface area contributed by atoms with Gasteiger partial charge in [-0.15, -0.1) is 13.2 Å². The minimum atomic E-state index is 0.568. The maximum absolute atomic E-state index is 3.97. The first-order valence-corrected chi connectivity index (χ1v) is 5.57. The minimum absolute atomic E-state index is 0.568. The van der Waals surface area contributed by atoms with Gasteiger partial charge in [0.25, 0.3) is 0 Å². The van der Waals surface area contributed by atoms with Crippen molar-refractivity contribution in [3.8, 4) is 0 Å². The van der Waals surface area contributed by atoms with E-state index in [2.05, 4.69) is 40.9 Å². The Balaban J connectivity index is 0.000000500. The van der Waals surface area contributed by atoms with E-state index in [1.54, 1.807) is 6.08 Å². The molecule has 0 amide bonds. The predicted molar refractivity (Wildman–Crippen MR) is 66.4 cm³/mol. The second kappa shape index (κ2) is 5.38. The maximum atomic E-state index is 3.97. The molecule has 14 heavy (non-hydrogen) atoms. The van der Waals surface area contributed by atoms with Gasteiger partial charge in [0.15, 0.2) is 0 Å². The van der Waals surface area contributed by atoms with Crippen LogP contribution in [0.2, 0.25) is 0 Å². The molecule has 1 aliphatic carbocycles. The van der Waals surface area contributed by atoms with Gasteiger partial charge in [0, 0.05) is 0 Å². The van der Waals surface area contributed by atoms with Crippen LogP contribution in [0.1, 0.15) is 47.5 Å². The fraction of sp³-hybridized carbons (Fsp3) is 0.714. The molecule has 0 spiro atoms. The smallest absolute Gasteiger partial charge is 0.0292 e. The zero-order valence-corrected chi connectivity index (χ0v) is 10.6. The molecule has 0 radical (unpaired) electrons. The molecule has 0 nitrogen and oxygen atoms in total. The number of hydrogen-bond acceptors (Lipinski definition) is 0. The molecule has 0 N–H and O–H groups in total.